The Hall–Kier alpha value is -2.75. The van der Waals surface area contributed by atoms with Crippen molar-refractivity contribution in [1.82, 2.24) is 10.6 Å². The van der Waals surface area contributed by atoms with Gasteiger partial charge in [-0.1, -0.05) is 12.1 Å². The molecule has 0 spiro atoms. The summed E-state index contributed by atoms with van der Waals surface area (Å²) in [6.45, 7) is 4.00. The summed E-state index contributed by atoms with van der Waals surface area (Å²) in [4.78, 5) is 16.7. The molecule has 0 fully saturated rings. The molecule has 0 aliphatic carbocycles. The number of hydrogen-bond donors (Lipinski definition) is 3. The van der Waals surface area contributed by atoms with E-state index in [9.17, 15) is 4.79 Å². The SMILES string of the molecule is CCNC(=NCc1cccc(NC(=O)c2ccco2)c1)NCCc1ccco1.I. The van der Waals surface area contributed by atoms with Crippen LogP contribution in [0.15, 0.2) is 74.9 Å². The van der Waals surface area contributed by atoms with Crippen molar-refractivity contribution in [1.29, 1.82) is 0 Å². The van der Waals surface area contributed by atoms with Crippen LogP contribution in [0, 0.1) is 0 Å². The maximum atomic E-state index is 12.1. The van der Waals surface area contributed by atoms with Gasteiger partial charge in [-0.15, -0.1) is 24.0 Å². The third-order valence-electron chi connectivity index (χ3n) is 3.94. The number of hydrogen-bond acceptors (Lipinski definition) is 4. The van der Waals surface area contributed by atoms with Crippen molar-refractivity contribution in [2.75, 3.05) is 18.4 Å². The number of guanidine groups is 1. The number of amides is 1. The van der Waals surface area contributed by atoms with E-state index in [1.54, 1.807) is 18.4 Å². The van der Waals surface area contributed by atoms with Gasteiger partial charge in [0.1, 0.15) is 5.76 Å². The minimum Gasteiger partial charge on any atom is -0.469 e. The number of anilines is 1. The van der Waals surface area contributed by atoms with E-state index >= 15 is 0 Å². The van der Waals surface area contributed by atoms with E-state index in [1.807, 2.05) is 43.3 Å². The highest BCUT2D eigenvalue weighted by Gasteiger charge is 2.08. The first kappa shape index (κ1) is 22.5. The molecule has 0 atom stereocenters. The second kappa shape index (κ2) is 11.9. The largest absolute Gasteiger partial charge is 0.469 e. The first-order chi connectivity index (χ1) is 13.7. The van der Waals surface area contributed by atoms with E-state index in [2.05, 4.69) is 20.9 Å². The molecular formula is C21H25IN4O3. The van der Waals surface area contributed by atoms with Gasteiger partial charge in [0, 0.05) is 25.2 Å². The topological polar surface area (TPSA) is 91.8 Å². The van der Waals surface area contributed by atoms with E-state index in [0.717, 1.165) is 36.8 Å². The van der Waals surface area contributed by atoms with Crippen LogP contribution in [0.3, 0.4) is 0 Å². The summed E-state index contributed by atoms with van der Waals surface area (Å²) < 4.78 is 10.4. The minimum atomic E-state index is -0.279. The predicted octanol–water partition coefficient (Wildman–Crippen LogP) is 4.04. The summed E-state index contributed by atoms with van der Waals surface area (Å²) in [5, 5.41) is 9.34. The Labute approximate surface area is 187 Å². The van der Waals surface area contributed by atoms with Gasteiger partial charge < -0.3 is 24.8 Å². The molecule has 0 bridgehead atoms. The van der Waals surface area contributed by atoms with Crippen molar-refractivity contribution in [2.45, 2.75) is 19.9 Å². The lowest BCUT2D eigenvalue weighted by Crippen LogP contribution is -2.38. The smallest absolute Gasteiger partial charge is 0.291 e. The van der Waals surface area contributed by atoms with Crippen molar-refractivity contribution in [3.8, 4) is 0 Å². The molecule has 1 aromatic carbocycles. The molecule has 0 unspecified atom stereocenters. The molecule has 0 saturated carbocycles. The molecule has 154 valence electrons. The summed E-state index contributed by atoms with van der Waals surface area (Å²) in [5.41, 5.74) is 1.69. The molecule has 2 heterocycles. The van der Waals surface area contributed by atoms with E-state index in [-0.39, 0.29) is 35.6 Å². The highest BCUT2D eigenvalue weighted by Crippen LogP contribution is 2.13. The van der Waals surface area contributed by atoms with E-state index in [4.69, 9.17) is 8.83 Å². The highest BCUT2D eigenvalue weighted by molar-refractivity contribution is 14.0. The molecule has 29 heavy (non-hydrogen) atoms. The molecule has 3 N–H and O–H groups in total. The van der Waals surface area contributed by atoms with Crippen LogP contribution < -0.4 is 16.0 Å². The number of aliphatic imine (C=N–C) groups is 1. The summed E-state index contributed by atoms with van der Waals surface area (Å²) in [6, 6.07) is 14.7. The number of rotatable bonds is 8. The van der Waals surface area contributed by atoms with Crippen molar-refractivity contribution in [2.24, 2.45) is 4.99 Å². The Kier molecular flexibility index (Phi) is 9.29. The number of nitrogens with zero attached hydrogens (tertiary/aromatic N) is 1. The Balaban J connectivity index is 0.00000300. The molecule has 7 nitrogen and oxygen atoms in total. The molecule has 3 aromatic rings. The van der Waals surface area contributed by atoms with E-state index in [0.29, 0.717) is 12.2 Å². The standard InChI is InChI=1S/C21H24N4O3.HI/c1-2-22-21(23-11-10-18-8-4-12-27-18)24-15-16-6-3-7-17(14-16)25-20(26)19-9-5-13-28-19;/h3-9,12-14H,2,10-11,15H2,1H3,(H,25,26)(H2,22,23,24);1H. The van der Waals surface area contributed by atoms with Gasteiger partial charge in [-0.25, -0.2) is 4.99 Å². The number of furan rings is 2. The molecule has 3 rings (SSSR count). The van der Waals surface area contributed by atoms with Gasteiger partial charge in [0.05, 0.1) is 19.1 Å². The molecule has 1 amide bonds. The second-order valence-corrected chi connectivity index (χ2v) is 6.08. The first-order valence-corrected chi connectivity index (χ1v) is 9.23. The number of carbonyl (C=O) groups is 1. The number of halogens is 1. The van der Waals surface area contributed by atoms with Gasteiger partial charge in [-0.2, -0.15) is 0 Å². The lowest BCUT2D eigenvalue weighted by molar-refractivity contribution is 0.0996. The van der Waals surface area contributed by atoms with Crippen molar-refractivity contribution >= 4 is 41.5 Å². The van der Waals surface area contributed by atoms with Crippen LogP contribution in [-0.2, 0) is 13.0 Å². The van der Waals surface area contributed by atoms with Crippen LogP contribution in [0.5, 0.6) is 0 Å². The first-order valence-electron chi connectivity index (χ1n) is 9.23. The molecular weight excluding hydrogens is 483 g/mol. The zero-order valence-corrected chi connectivity index (χ0v) is 18.5. The Bertz CT molecular complexity index is 893. The highest BCUT2D eigenvalue weighted by atomic mass is 127. The van der Waals surface area contributed by atoms with Gasteiger partial charge in [-0.05, 0) is 48.9 Å². The average Bonchev–Trinajstić information content (AvgIpc) is 3.40. The van der Waals surface area contributed by atoms with Gasteiger partial charge in [0.2, 0.25) is 0 Å². The monoisotopic (exact) mass is 508 g/mol. The fourth-order valence-electron chi connectivity index (χ4n) is 2.62. The summed E-state index contributed by atoms with van der Waals surface area (Å²) in [5.74, 6) is 1.67. The maximum absolute atomic E-state index is 12.1. The van der Waals surface area contributed by atoms with Gasteiger partial charge in [0.15, 0.2) is 11.7 Å². The molecule has 0 saturated heterocycles. The van der Waals surface area contributed by atoms with E-state index < -0.39 is 0 Å². The van der Waals surface area contributed by atoms with Gasteiger partial charge in [0.25, 0.3) is 5.91 Å². The fourth-order valence-corrected chi connectivity index (χ4v) is 2.62. The van der Waals surface area contributed by atoms with Crippen LogP contribution in [0.2, 0.25) is 0 Å². The maximum Gasteiger partial charge on any atom is 0.291 e. The van der Waals surface area contributed by atoms with Gasteiger partial charge >= 0.3 is 0 Å². The molecule has 0 radical (unpaired) electrons. The minimum absolute atomic E-state index is 0. The third kappa shape index (κ3) is 7.30. The zero-order chi connectivity index (χ0) is 19.6. The Morgan fingerprint density at radius 3 is 2.59 bits per heavy atom. The summed E-state index contributed by atoms with van der Waals surface area (Å²) >= 11 is 0. The van der Waals surface area contributed by atoms with E-state index in [1.165, 1.54) is 6.26 Å². The number of benzene rings is 1. The average molecular weight is 508 g/mol. The molecule has 0 aliphatic rings. The molecule has 8 heteroatoms. The fraction of sp³-hybridized carbons (Fsp3) is 0.238. The van der Waals surface area contributed by atoms with Gasteiger partial charge in [-0.3, -0.25) is 4.79 Å². The zero-order valence-electron chi connectivity index (χ0n) is 16.2. The summed E-state index contributed by atoms with van der Waals surface area (Å²) in [7, 11) is 0. The van der Waals surface area contributed by atoms with Crippen LogP contribution in [0.1, 0.15) is 28.8 Å². The van der Waals surface area contributed by atoms with Crippen LogP contribution >= 0.6 is 24.0 Å². The summed E-state index contributed by atoms with van der Waals surface area (Å²) in [6.07, 6.45) is 3.93. The van der Waals surface area contributed by atoms with Crippen molar-refractivity contribution < 1.29 is 13.6 Å². The Morgan fingerprint density at radius 1 is 1.03 bits per heavy atom. The molecule has 0 aliphatic heterocycles. The lowest BCUT2D eigenvalue weighted by Gasteiger charge is -2.11. The third-order valence-corrected chi connectivity index (χ3v) is 3.94. The quantitative estimate of drug-likeness (QED) is 0.243. The predicted molar refractivity (Wildman–Crippen MR) is 124 cm³/mol. The second-order valence-electron chi connectivity index (χ2n) is 6.08. The van der Waals surface area contributed by atoms with Crippen molar-refractivity contribution in [3.05, 3.63) is 78.1 Å². The lowest BCUT2D eigenvalue weighted by atomic mass is 10.2. The Morgan fingerprint density at radius 2 is 1.86 bits per heavy atom. The number of carbonyl (C=O) groups excluding carboxylic acids is 1. The number of nitrogens with one attached hydrogen (secondary N) is 3. The normalized spacial score (nSPS) is 10.9. The van der Waals surface area contributed by atoms with Crippen LogP contribution in [0.25, 0.3) is 0 Å². The molecule has 2 aromatic heterocycles. The van der Waals surface area contributed by atoms with Crippen molar-refractivity contribution in [3.63, 3.8) is 0 Å². The van der Waals surface area contributed by atoms with Crippen LogP contribution in [-0.4, -0.2) is 25.0 Å². The van der Waals surface area contributed by atoms with Crippen LogP contribution in [0.4, 0.5) is 5.69 Å².